The lowest BCUT2D eigenvalue weighted by molar-refractivity contribution is -0.268. The van der Waals surface area contributed by atoms with Crippen LogP contribution in [-0.4, -0.2) is 45.5 Å². The predicted octanol–water partition coefficient (Wildman–Crippen LogP) is 4.91. The third kappa shape index (κ3) is 6.64. The molecule has 3 aromatic carbocycles. The third-order valence-electron chi connectivity index (χ3n) is 7.50. The molecule has 3 heterocycles. The highest BCUT2D eigenvalue weighted by Crippen LogP contribution is 2.42. The maximum Gasteiger partial charge on any atom is 0.243 e. The number of pyridine rings is 1. The molecule has 0 aliphatic carbocycles. The first-order valence-electron chi connectivity index (χ1n) is 13.8. The number of fused-ring (bicyclic) bond motifs is 1. The Hall–Kier alpha value is -3.65. The molecule has 1 fully saturated rings. The molecule has 222 valence electrons. The van der Waals surface area contributed by atoms with E-state index in [4.69, 9.17) is 9.47 Å². The minimum atomic E-state index is -3.79. The van der Waals surface area contributed by atoms with E-state index >= 15 is 0 Å². The van der Waals surface area contributed by atoms with Crippen molar-refractivity contribution in [1.82, 2.24) is 24.9 Å². The van der Waals surface area contributed by atoms with Crippen molar-refractivity contribution in [3.05, 3.63) is 114 Å². The summed E-state index contributed by atoms with van der Waals surface area (Å²) in [6, 6.07) is 24.0. The fraction of sp³-hybridized carbons (Fsp3) is 0.258. The highest BCUT2D eigenvalue weighted by atomic mass is 32.2. The molecule has 10 nitrogen and oxygen atoms in total. The Morgan fingerprint density at radius 1 is 0.930 bits per heavy atom. The summed E-state index contributed by atoms with van der Waals surface area (Å²) < 4.78 is 42.0. The van der Waals surface area contributed by atoms with E-state index in [0.717, 1.165) is 27.6 Å². The number of thioether (sulfide) groups is 1. The third-order valence-corrected chi connectivity index (χ3v) is 9.90. The van der Waals surface area contributed by atoms with Crippen molar-refractivity contribution in [3.63, 3.8) is 0 Å². The quantitative estimate of drug-likeness (QED) is 0.187. The van der Waals surface area contributed by atoms with Crippen LogP contribution in [-0.2, 0) is 32.6 Å². The lowest BCUT2D eigenvalue weighted by atomic mass is 9.91. The summed E-state index contributed by atoms with van der Waals surface area (Å²) in [4.78, 5) is 8.63. The summed E-state index contributed by atoms with van der Waals surface area (Å²) in [5.74, 6) is 0.675. The standard InChI is InChI=1S/C31H31N5O5S2/c1-20-26(18-42-31-33-19-34-36-31)40-30(41-29(20)24-11-9-22(17-37)10-12-24)25-13-7-21(8-14-25)16-35-43(38,39)27-6-2-4-23-5-3-15-32-28(23)27/h2-15,19-20,26,29-30,35,37H,16-18H2,1H3,(H,33,34,36). The monoisotopic (exact) mass is 617 g/mol. The first kappa shape index (κ1) is 29.4. The number of nitrogens with one attached hydrogen (secondary N) is 2. The van der Waals surface area contributed by atoms with Crippen LogP contribution in [0.3, 0.4) is 0 Å². The average Bonchev–Trinajstić information content (AvgIpc) is 3.57. The van der Waals surface area contributed by atoms with Crippen molar-refractivity contribution in [2.24, 2.45) is 5.92 Å². The van der Waals surface area contributed by atoms with E-state index in [2.05, 4.69) is 31.8 Å². The molecule has 4 unspecified atom stereocenters. The molecule has 0 amide bonds. The molecule has 1 aliphatic heterocycles. The Morgan fingerprint density at radius 3 is 2.42 bits per heavy atom. The van der Waals surface area contributed by atoms with Gasteiger partial charge in [-0.1, -0.05) is 85.4 Å². The van der Waals surface area contributed by atoms with Crippen molar-refractivity contribution in [2.75, 3.05) is 5.75 Å². The lowest BCUT2D eigenvalue weighted by Gasteiger charge is -2.41. The van der Waals surface area contributed by atoms with Gasteiger partial charge in [-0.2, -0.15) is 5.10 Å². The van der Waals surface area contributed by atoms with Crippen molar-refractivity contribution in [1.29, 1.82) is 0 Å². The van der Waals surface area contributed by atoms with E-state index in [9.17, 15) is 13.5 Å². The van der Waals surface area contributed by atoms with E-state index in [1.807, 2.05) is 60.7 Å². The van der Waals surface area contributed by atoms with Crippen LogP contribution in [0, 0.1) is 5.92 Å². The maximum atomic E-state index is 13.1. The Morgan fingerprint density at radius 2 is 1.67 bits per heavy atom. The molecule has 1 saturated heterocycles. The van der Waals surface area contributed by atoms with Gasteiger partial charge in [-0.05, 0) is 28.8 Å². The zero-order valence-corrected chi connectivity index (χ0v) is 25.0. The summed E-state index contributed by atoms with van der Waals surface area (Å²) >= 11 is 1.54. The number of rotatable bonds is 10. The van der Waals surface area contributed by atoms with Crippen LogP contribution in [0.1, 0.15) is 41.6 Å². The van der Waals surface area contributed by atoms with E-state index in [1.54, 1.807) is 24.4 Å². The number of aromatic amines is 1. The minimum absolute atomic E-state index is 0.0229. The van der Waals surface area contributed by atoms with Crippen LogP contribution in [0.25, 0.3) is 10.9 Å². The number of benzene rings is 3. The summed E-state index contributed by atoms with van der Waals surface area (Å²) in [6.07, 6.45) is 2.03. The van der Waals surface area contributed by atoms with Gasteiger partial charge in [-0.3, -0.25) is 10.1 Å². The van der Waals surface area contributed by atoms with Crippen LogP contribution in [0.5, 0.6) is 0 Å². The number of H-pyrrole nitrogens is 1. The smallest absolute Gasteiger partial charge is 0.243 e. The number of aliphatic hydroxyl groups is 1. The molecule has 2 aromatic heterocycles. The Bertz CT molecular complexity index is 1760. The van der Waals surface area contributed by atoms with Crippen LogP contribution in [0.15, 0.2) is 101 Å². The van der Waals surface area contributed by atoms with Crippen LogP contribution in [0.4, 0.5) is 0 Å². The summed E-state index contributed by atoms with van der Waals surface area (Å²) in [6.45, 7) is 2.20. The van der Waals surface area contributed by atoms with Crippen LogP contribution >= 0.6 is 11.8 Å². The Balaban J connectivity index is 1.18. The normalized spacial score (nSPS) is 20.8. The molecule has 12 heteroatoms. The highest BCUT2D eigenvalue weighted by molar-refractivity contribution is 7.99. The topological polar surface area (TPSA) is 139 Å². The van der Waals surface area contributed by atoms with Crippen molar-refractivity contribution in [3.8, 4) is 0 Å². The SMILES string of the molecule is CC1C(CSc2ncn[nH]2)OC(c2ccc(CNS(=O)(=O)c3cccc4cccnc34)cc2)OC1c1ccc(CO)cc1. The lowest BCUT2D eigenvalue weighted by Crippen LogP contribution is -2.38. The van der Waals surface area contributed by atoms with Gasteiger partial charge >= 0.3 is 0 Å². The molecule has 6 rings (SSSR count). The fourth-order valence-electron chi connectivity index (χ4n) is 5.08. The molecule has 0 bridgehead atoms. The first-order valence-corrected chi connectivity index (χ1v) is 16.3. The molecule has 4 atom stereocenters. The maximum absolute atomic E-state index is 13.1. The highest BCUT2D eigenvalue weighted by Gasteiger charge is 2.38. The van der Waals surface area contributed by atoms with Gasteiger partial charge in [-0.25, -0.2) is 18.1 Å². The number of sulfonamides is 1. The van der Waals surface area contributed by atoms with Gasteiger partial charge in [0.25, 0.3) is 0 Å². The van der Waals surface area contributed by atoms with Gasteiger partial charge in [0.2, 0.25) is 10.0 Å². The first-order chi connectivity index (χ1) is 20.9. The number of hydrogen-bond donors (Lipinski definition) is 3. The number of aromatic nitrogens is 4. The number of aliphatic hydroxyl groups excluding tert-OH is 1. The second-order valence-electron chi connectivity index (χ2n) is 10.3. The predicted molar refractivity (Wildman–Crippen MR) is 162 cm³/mol. The summed E-state index contributed by atoms with van der Waals surface area (Å²) in [5.41, 5.74) is 3.88. The van der Waals surface area contributed by atoms with Crippen molar-refractivity contribution in [2.45, 2.75) is 48.6 Å². The van der Waals surface area contributed by atoms with E-state index < -0.39 is 16.3 Å². The number of para-hydroxylation sites is 1. The zero-order chi connectivity index (χ0) is 29.8. The Labute approximate surface area is 253 Å². The molecule has 5 aromatic rings. The minimum Gasteiger partial charge on any atom is -0.392 e. The van der Waals surface area contributed by atoms with Crippen molar-refractivity contribution >= 4 is 32.7 Å². The number of hydrogen-bond acceptors (Lipinski definition) is 9. The van der Waals surface area contributed by atoms with E-state index in [1.165, 1.54) is 18.1 Å². The van der Waals surface area contributed by atoms with Crippen molar-refractivity contribution < 1.29 is 23.0 Å². The van der Waals surface area contributed by atoms with Gasteiger partial charge in [0.05, 0.1) is 24.3 Å². The average molecular weight is 618 g/mol. The second kappa shape index (κ2) is 12.9. The zero-order valence-electron chi connectivity index (χ0n) is 23.3. The van der Waals surface area contributed by atoms with E-state index in [-0.39, 0.29) is 36.2 Å². The molecule has 43 heavy (non-hydrogen) atoms. The molecule has 3 N–H and O–H groups in total. The van der Waals surface area contributed by atoms with Gasteiger partial charge < -0.3 is 14.6 Å². The van der Waals surface area contributed by atoms with Gasteiger partial charge in [0, 0.05) is 35.4 Å². The van der Waals surface area contributed by atoms with Gasteiger partial charge in [0.15, 0.2) is 11.4 Å². The molecular weight excluding hydrogens is 587 g/mol. The van der Waals surface area contributed by atoms with E-state index in [0.29, 0.717) is 16.4 Å². The van der Waals surface area contributed by atoms with Crippen LogP contribution in [0.2, 0.25) is 0 Å². The van der Waals surface area contributed by atoms with Crippen LogP contribution < -0.4 is 4.72 Å². The number of ether oxygens (including phenoxy) is 2. The molecule has 0 saturated carbocycles. The molecular formula is C31H31N5O5S2. The Kier molecular flexibility index (Phi) is 8.84. The summed E-state index contributed by atoms with van der Waals surface area (Å²) in [7, 11) is -3.79. The van der Waals surface area contributed by atoms with Gasteiger partial charge in [-0.15, -0.1) is 0 Å². The summed E-state index contributed by atoms with van der Waals surface area (Å²) in [5, 5.41) is 17.8. The largest absolute Gasteiger partial charge is 0.392 e. The van der Waals surface area contributed by atoms with Gasteiger partial charge in [0.1, 0.15) is 11.2 Å². The second-order valence-corrected chi connectivity index (χ2v) is 13.1. The molecule has 1 aliphatic rings. The molecule has 0 spiro atoms. The number of nitrogens with zero attached hydrogens (tertiary/aromatic N) is 3. The fourth-order valence-corrected chi connectivity index (χ4v) is 7.21. The molecule has 0 radical (unpaired) electrons.